The van der Waals surface area contributed by atoms with Crippen LogP contribution in [0.5, 0.6) is 5.75 Å². The lowest BCUT2D eigenvalue weighted by Gasteiger charge is -2.03. The minimum Gasteiger partial charge on any atom is -0.497 e. The van der Waals surface area contributed by atoms with E-state index in [1.54, 1.807) is 13.3 Å². The molecule has 2 heterocycles. The van der Waals surface area contributed by atoms with E-state index >= 15 is 0 Å². The lowest BCUT2D eigenvalue weighted by molar-refractivity contribution is 0.415. The van der Waals surface area contributed by atoms with Crippen LogP contribution in [0.1, 0.15) is 5.56 Å². The largest absolute Gasteiger partial charge is 0.497 e. The molecule has 0 aliphatic rings. The fraction of sp³-hybridized carbons (Fsp3) is 0.133. The summed E-state index contributed by atoms with van der Waals surface area (Å²) in [6.07, 6.45) is 3.76. The summed E-state index contributed by atoms with van der Waals surface area (Å²) in [5.41, 5.74) is 9.79. The first kappa shape index (κ1) is 11.7. The zero-order valence-corrected chi connectivity index (χ0v) is 10.7. The molecular weight excluding hydrogens is 238 g/mol. The molecular formula is C15H15N3O. The summed E-state index contributed by atoms with van der Waals surface area (Å²) in [6, 6.07) is 9.92. The van der Waals surface area contributed by atoms with Crippen LogP contribution in [0.2, 0.25) is 0 Å². The molecule has 0 fully saturated rings. The van der Waals surface area contributed by atoms with E-state index in [4.69, 9.17) is 10.5 Å². The Bertz CT molecular complexity index is 718. The average Bonchev–Trinajstić information content (AvgIpc) is 2.90. The molecule has 0 aliphatic heterocycles. The quantitative estimate of drug-likeness (QED) is 0.754. The van der Waals surface area contributed by atoms with E-state index in [1.807, 2.05) is 36.5 Å². The van der Waals surface area contributed by atoms with Gasteiger partial charge in [0.1, 0.15) is 5.75 Å². The number of aromatic amines is 1. The van der Waals surface area contributed by atoms with E-state index in [2.05, 4.69) is 9.97 Å². The van der Waals surface area contributed by atoms with Crippen molar-refractivity contribution in [3.8, 4) is 17.0 Å². The second kappa shape index (κ2) is 4.74. The first-order valence-corrected chi connectivity index (χ1v) is 6.12. The second-order valence-corrected chi connectivity index (χ2v) is 4.37. The van der Waals surface area contributed by atoms with Gasteiger partial charge in [0.2, 0.25) is 0 Å². The third kappa shape index (κ3) is 2.06. The van der Waals surface area contributed by atoms with Gasteiger partial charge < -0.3 is 15.5 Å². The average molecular weight is 253 g/mol. The van der Waals surface area contributed by atoms with E-state index in [0.29, 0.717) is 6.54 Å². The van der Waals surface area contributed by atoms with Gasteiger partial charge in [-0.1, -0.05) is 0 Å². The van der Waals surface area contributed by atoms with Crippen molar-refractivity contribution >= 4 is 10.9 Å². The normalized spacial score (nSPS) is 10.8. The summed E-state index contributed by atoms with van der Waals surface area (Å²) in [6.45, 7) is 0.520. The molecule has 4 heteroatoms. The fourth-order valence-electron chi connectivity index (χ4n) is 2.19. The number of hydrogen-bond acceptors (Lipinski definition) is 3. The summed E-state index contributed by atoms with van der Waals surface area (Å²) >= 11 is 0. The number of aromatic nitrogens is 2. The molecule has 0 amide bonds. The van der Waals surface area contributed by atoms with Crippen LogP contribution in [0.4, 0.5) is 0 Å². The van der Waals surface area contributed by atoms with Crippen molar-refractivity contribution in [2.24, 2.45) is 5.73 Å². The molecule has 96 valence electrons. The van der Waals surface area contributed by atoms with Gasteiger partial charge in [-0.25, -0.2) is 0 Å². The van der Waals surface area contributed by atoms with E-state index in [1.165, 1.54) is 0 Å². The molecule has 3 aromatic rings. The Kier molecular flexibility index (Phi) is 2.93. The highest BCUT2D eigenvalue weighted by atomic mass is 16.5. The summed E-state index contributed by atoms with van der Waals surface area (Å²) < 4.78 is 5.22. The third-order valence-electron chi connectivity index (χ3n) is 3.22. The lowest BCUT2D eigenvalue weighted by atomic mass is 10.1. The standard InChI is InChI=1S/C15H15N3O/c1-19-11-2-3-12-13(9-18-15(12)7-11)14-6-10(8-16)4-5-17-14/h2-7,9,18H,8,16H2,1H3. The number of nitrogens with two attached hydrogens (primary N) is 1. The number of H-pyrrole nitrogens is 1. The fourth-order valence-corrected chi connectivity index (χ4v) is 2.19. The summed E-state index contributed by atoms with van der Waals surface area (Å²) in [5, 5.41) is 1.13. The van der Waals surface area contributed by atoms with Crippen molar-refractivity contribution < 1.29 is 4.74 Å². The third-order valence-corrected chi connectivity index (χ3v) is 3.22. The van der Waals surface area contributed by atoms with Crippen molar-refractivity contribution in [3.63, 3.8) is 0 Å². The number of pyridine rings is 1. The Morgan fingerprint density at radius 1 is 1.26 bits per heavy atom. The maximum absolute atomic E-state index is 5.67. The molecule has 0 spiro atoms. The number of fused-ring (bicyclic) bond motifs is 1. The molecule has 0 saturated heterocycles. The molecule has 19 heavy (non-hydrogen) atoms. The van der Waals surface area contributed by atoms with E-state index in [0.717, 1.165) is 33.5 Å². The summed E-state index contributed by atoms with van der Waals surface area (Å²) in [7, 11) is 1.66. The SMILES string of the molecule is COc1ccc2c(-c3cc(CN)ccn3)c[nH]c2c1. The number of nitrogens with zero attached hydrogens (tertiary/aromatic N) is 1. The van der Waals surface area contributed by atoms with Gasteiger partial charge in [-0.15, -0.1) is 0 Å². The van der Waals surface area contributed by atoms with E-state index < -0.39 is 0 Å². The summed E-state index contributed by atoms with van der Waals surface area (Å²) in [5.74, 6) is 0.838. The number of benzene rings is 1. The molecule has 3 rings (SSSR count). The van der Waals surface area contributed by atoms with Crippen molar-refractivity contribution in [2.45, 2.75) is 6.54 Å². The van der Waals surface area contributed by atoms with Crippen molar-refractivity contribution in [2.75, 3.05) is 7.11 Å². The Hall–Kier alpha value is -2.33. The zero-order chi connectivity index (χ0) is 13.2. The van der Waals surface area contributed by atoms with Gasteiger partial charge in [0.05, 0.1) is 12.8 Å². The molecule has 0 unspecified atom stereocenters. The minimum absolute atomic E-state index is 0.520. The molecule has 0 radical (unpaired) electrons. The monoisotopic (exact) mass is 253 g/mol. The van der Waals surface area contributed by atoms with Gasteiger partial charge in [0.25, 0.3) is 0 Å². The van der Waals surface area contributed by atoms with E-state index in [-0.39, 0.29) is 0 Å². The van der Waals surface area contributed by atoms with Gasteiger partial charge in [0.15, 0.2) is 0 Å². The predicted octanol–water partition coefficient (Wildman–Crippen LogP) is 2.70. The first-order valence-electron chi connectivity index (χ1n) is 6.12. The Morgan fingerprint density at radius 2 is 2.16 bits per heavy atom. The van der Waals surface area contributed by atoms with Crippen LogP contribution >= 0.6 is 0 Å². The van der Waals surface area contributed by atoms with Crippen molar-refractivity contribution in [1.82, 2.24) is 9.97 Å². The number of ether oxygens (including phenoxy) is 1. The Balaban J connectivity index is 2.14. The number of nitrogens with one attached hydrogen (secondary N) is 1. The van der Waals surface area contributed by atoms with Gasteiger partial charge in [-0.05, 0) is 29.8 Å². The topological polar surface area (TPSA) is 63.9 Å². The van der Waals surface area contributed by atoms with E-state index in [9.17, 15) is 0 Å². The number of methoxy groups -OCH3 is 1. The first-order chi connectivity index (χ1) is 9.31. The molecule has 2 aromatic heterocycles. The molecule has 1 aromatic carbocycles. The lowest BCUT2D eigenvalue weighted by Crippen LogP contribution is -1.96. The second-order valence-electron chi connectivity index (χ2n) is 4.37. The van der Waals surface area contributed by atoms with Gasteiger partial charge in [0, 0.05) is 41.5 Å². The highest BCUT2D eigenvalue weighted by Crippen LogP contribution is 2.29. The van der Waals surface area contributed by atoms with Crippen LogP contribution in [0.3, 0.4) is 0 Å². The van der Waals surface area contributed by atoms with Gasteiger partial charge >= 0.3 is 0 Å². The number of hydrogen-bond donors (Lipinski definition) is 2. The highest BCUT2D eigenvalue weighted by Gasteiger charge is 2.08. The summed E-state index contributed by atoms with van der Waals surface area (Å²) in [4.78, 5) is 7.66. The molecule has 0 aliphatic carbocycles. The molecule has 0 saturated carbocycles. The van der Waals surface area contributed by atoms with Crippen LogP contribution < -0.4 is 10.5 Å². The molecule has 3 N–H and O–H groups in total. The van der Waals surface area contributed by atoms with Crippen LogP contribution in [-0.2, 0) is 6.54 Å². The van der Waals surface area contributed by atoms with Gasteiger partial charge in [-0.2, -0.15) is 0 Å². The smallest absolute Gasteiger partial charge is 0.120 e. The predicted molar refractivity (Wildman–Crippen MR) is 76.0 cm³/mol. The van der Waals surface area contributed by atoms with Crippen LogP contribution in [-0.4, -0.2) is 17.1 Å². The van der Waals surface area contributed by atoms with Crippen LogP contribution in [0, 0.1) is 0 Å². The van der Waals surface area contributed by atoms with Crippen LogP contribution in [0.15, 0.2) is 42.7 Å². The van der Waals surface area contributed by atoms with Crippen LogP contribution in [0.25, 0.3) is 22.2 Å². The molecule has 4 nitrogen and oxygen atoms in total. The highest BCUT2D eigenvalue weighted by molar-refractivity contribution is 5.95. The van der Waals surface area contributed by atoms with Gasteiger partial charge in [-0.3, -0.25) is 4.98 Å². The maximum Gasteiger partial charge on any atom is 0.120 e. The van der Waals surface area contributed by atoms with Crippen molar-refractivity contribution in [1.29, 1.82) is 0 Å². The zero-order valence-electron chi connectivity index (χ0n) is 10.7. The number of rotatable bonds is 3. The minimum atomic E-state index is 0.520. The molecule has 0 atom stereocenters. The Morgan fingerprint density at radius 3 is 2.95 bits per heavy atom. The Labute approximate surface area is 111 Å². The van der Waals surface area contributed by atoms with Crippen molar-refractivity contribution in [3.05, 3.63) is 48.3 Å². The maximum atomic E-state index is 5.67. The molecule has 0 bridgehead atoms.